The van der Waals surface area contributed by atoms with E-state index in [1.807, 2.05) is 54.6 Å². The molecule has 3 heterocycles. The number of hydrogen-bond acceptors (Lipinski definition) is 4. The zero-order valence-corrected chi connectivity index (χ0v) is 16.0. The quantitative estimate of drug-likeness (QED) is 0.442. The van der Waals surface area contributed by atoms with Crippen LogP contribution in [-0.2, 0) is 0 Å². The number of benzene rings is 3. The molecule has 138 valence electrons. The number of fused-ring (bicyclic) bond motifs is 3. The highest BCUT2D eigenvalue weighted by atomic mass is 32.1. The lowest BCUT2D eigenvalue weighted by Crippen LogP contribution is -2.14. The Kier molecular flexibility index (Phi) is 3.42. The van der Waals surface area contributed by atoms with Crippen molar-refractivity contribution in [3.8, 4) is 16.3 Å². The molecule has 0 aliphatic rings. The topological polar surface area (TPSA) is 63.6 Å². The summed E-state index contributed by atoms with van der Waals surface area (Å²) in [6.45, 7) is 0. The second-order valence-electron chi connectivity index (χ2n) is 6.83. The van der Waals surface area contributed by atoms with Crippen molar-refractivity contribution in [1.82, 2.24) is 19.7 Å². The third kappa shape index (κ3) is 2.43. The Morgan fingerprint density at radius 3 is 2.62 bits per heavy atom. The first-order chi connectivity index (χ1) is 14.3. The van der Waals surface area contributed by atoms with Crippen LogP contribution in [0.5, 0.6) is 0 Å². The highest BCUT2D eigenvalue weighted by molar-refractivity contribution is 7.20. The predicted octanol–water partition coefficient (Wildman–Crippen LogP) is 5.14. The first kappa shape index (κ1) is 16.2. The number of pyridine rings is 1. The average Bonchev–Trinajstić information content (AvgIpc) is 3.34. The smallest absolute Gasteiger partial charge is 0.271 e. The van der Waals surface area contributed by atoms with Crippen LogP contribution in [0.2, 0.25) is 0 Å². The van der Waals surface area contributed by atoms with Crippen LogP contribution in [0.1, 0.15) is 0 Å². The maximum Gasteiger partial charge on any atom is 0.283 e. The normalized spacial score (nSPS) is 11.6. The Bertz CT molecular complexity index is 1550. The summed E-state index contributed by atoms with van der Waals surface area (Å²) in [5.74, 6) is 0. The van der Waals surface area contributed by atoms with Crippen LogP contribution in [0.3, 0.4) is 0 Å². The SMILES string of the molecule is O=c1c2c(-c3cccc4ccccc34)ccnc2[nH]n1-c1nc2ccccc2s1. The Morgan fingerprint density at radius 1 is 0.862 bits per heavy atom. The van der Waals surface area contributed by atoms with Crippen LogP contribution in [-0.4, -0.2) is 19.7 Å². The van der Waals surface area contributed by atoms with Crippen molar-refractivity contribution in [2.75, 3.05) is 0 Å². The summed E-state index contributed by atoms with van der Waals surface area (Å²) >= 11 is 1.48. The van der Waals surface area contributed by atoms with E-state index in [-0.39, 0.29) is 5.56 Å². The number of hydrogen-bond donors (Lipinski definition) is 1. The van der Waals surface area contributed by atoms with E-state index in [1.54, 1.807) is 6.20 Å². The minimum atomic E-state index is -0.143. The molecule has 1 N–H and O–H groups in total. The molecular formula is C23H14N4OS. The third-order valence-corrected chi connectivity index (χ3v) is 6.16. The van der Waals surface area contributed by atoms with Crippen LogP contribution in [0.4, 0.5) is 0 Å². The molecule has 0 saturated carbocycles. The minimum absolute atomic E-state index is 0.143. The second kappa shape index (κ2) is 6.12. The molecule has 0 bridgehead atoms. The molecular weight excluding hydrogens is 380 g/mol. The van der Waals surface area contributed by atoms with Crippen molar-refractivity contribution < 1.29 is 0 Å². The van der Waals surface area contributed by atoms with E-state index in [2.05, 4.69) is 33.3 Å². The molecule has 0 unspecified atom stereocenters. The van der Waals surface area contributed by atoms with Gasteiger partial charge in [0, 0.05) is 11.8 Å². The van der Waals surface area contributed by atoms with Gasteiger partial charge in [0.05, 0.1) is 15.6 Å². The standard InChI is InChI=1S/C23H14N4OS/c28-22-20-17(16-9-5-7-14-6-1-2-8-15(14)16)12-13-24-21(20)26-27(22)23-25-18-10-3-4-11-19(18)29-23/h1-13H,(H,24,26). The van der Waals surface area contributed by atoms with E-state index < -0.39 is 0 Å². The molecule has 3 aromatic carbocycles. The summed E-state index contributed by atoms with van der Waals surface area (Å²) in [7, 11) is 0. The van der Waals surface area contributed by atoms with Gasteiger partial charge in [-0.15, -0.1) is 0 Å². The number of nitrogens with zero attached hydrogens (tertiary/aromatic N) is 3. The van der Waals surface area contributed by atoms with Crippen LogP contribution in [0.25, 0.3) is 48.3 Å². The van der Waals surface area contributed by atoms with Gasteiger partial charge in [-0.05, 0) is 34.5 Å². The minimum Gasteiger partial charge on any atom is -0.271 e. The zero-order valence-electron chi connectivity index (χ0n) is 15.2. The molecule has 5 nitrogen and oxygen atoms in total. The van der Waals surface area contributed by atoms with E-state index in [4.69, 9.17) is 0 Å². The molecule has 6 rings (SSSR count). The maximum atomic E-state index is 13.4. The van der Waals surface area contributed by atoms with Crippen molar-refractivity contribution in [3.05, 3.63) is 89.3 Å². The van der Waals surface area contributed by atoms with Crippen LogP contribution in [0, 0.1) is 0 Å². The molecule has 0 radical (unpaired) electrons. The number of thiazole rings is 1. The van der Waals surface area contributed by atoms with Crippen molar-refractivity contribution in [3.63, 3.8) is 0 Å². The number of aromatic nitrogens is 4. The van der Waals surface area contributed by atoms with Crippen molar-refractivity contribution >= 4 is 43.4 Å². The summed E-state index contributed by atoms with van der Waals surface area (Å²) < 4.78 is 2.53. The molecule has 6 aromatic rings. The Hall–Kier alpha value is -3.77. The fraction of sp³-hybridized carbons (Fsp3) is 0. The van der Waals surface area contributed by atoms with Crippen molar-refractivity contribution in [1.29, 1.82) is 0 Å². The highest BCUT2D eigenvalue weighted by Crippen LogP contribution is 2.32. The second-order valence-corrected chi connectivity index (χ2v) is 7.83. The van der Waals surface area contributed by atoms with Crippen LogP contribution >= 0.6 is 11.3 Å². The summed E-state index contributed by atoms with van der Waals surface area (Å²) in [5.41, 5.74) is 3.17. The van der Waals surface area contributed by atoms with Gasteiger partial charge in [0.1, 0.15) is 0 Å². The molecule has 0 aliphatic heterocycles. The molecule has 3 aromatic heterocycles. The Morgan fingerprint density at radius 2 is 1.69 bits per heavy atom. The van der Waals surface area contributed by atoms with Gasteiger partial charge in [-0.25, -0.2) is 9.97 Å². The summed E-state index contributed by atoms with van der Waals surface area (Å²) in [6, 6.07) is 24.1. The van der Waals surface area contributed by atoms with Gasteiger partial charge >= 0.3 is 0 Å². The summed E-state index contributed by atoms with van der Waals surface area (Å²) in [4.78, 5) is 22.4. The number of rotatable bonds is 2. The number of H-pyrrole nitrogens is 1. The number of para-hydroxylation sites is 1. The van der Waals surface area contributed by atoms with Gasteiger partial charge in [0.25, 0.3) is 5.56 Å². The zero-order chi connectivity index (χ0) is 19.4. The third-order valence-electron chi connectivity index (χ3n) is 5.14. The monoisotopic (exact) mass is 394 g/mol. The van der Waals surface area contributed by atoms with Gasteiger partial charge in [-0.2, -0.15) is 4.68 Å². The highest BCUT2D eigenvalue weighted by Gasteiger charge is 2.17. The maximum absolute atomic E-state index is 13.4. The molecule has 0 saturated heterocycles. The first-order valence-electron chi connectivity index (χ1n) is 9.23. The largest absolute Gasteiger partial charge is 0.283 e. The lowest BCUT2D eigenvalue weighted by molar-refractivity contribution is 0.851. The Balaban J connectivity index is 1.65. The fourth-order valence-corrected chi connectivity index (χ4v) is 4.73. The molecule has 0 aliphatic carbocycles. The van der Waals surface area contributed by atoms with Gasteiger partial charge in [0.2, 0.25) is 5.13 Å². The van der Waals surface area contributed by atoms with Gasteiger partial charge in [-0.3, -0.25) is 9.89 Å². The van der Waals surface area contributed by atoms with E-state index in [0.717, 1.165) is 32.1 Å². The van der Waals surface area contributed by atoms with E-state index in [9.17, 15) is 4.79 Å². The average molecular weight is 394 g/mol. The summed E-state index contributed by atoms with van der Waals surface area (Å²) in [5, 5.41) is 6.56. The molecule has 0 spiro atoms. The molecule has 29 heavy (non-hydrogen) atoms. The lowest BCUT2D eigenvalue weighted by atomic mass is 9.97. The number of aromatic amines is 1. The first-order valence-corrected chi connectivity index (χ1v) is 10.0. The van der Waals surface area contributed by atoms with Gasteiger partial charge in [0.15, 0.2) is 5.65 Å². The molecule has 0 atom stereocenters. The van der Waals surface area contributed by atoms with Crippen molar-refractivity contribution in [2.24, 2.45) is 0 Å². The Labute approximate surface area is 168 Å². The predicted molar refractivity (Wildman–Crippen MR) is 118 cm³/mol. The molecule has 0 amide bonds. The summed E-state index contributed by atoms with van der Waals surface area (Å²) in [6.07, 6.45) is 1.73. The molecule has 0 fully saturated rings. The van der Waals surface area contributed by atoms with Crippen LogP contribution in [0.15, 0.2) is 83.8 Å². The van der Waals surface area contributed by atoms with E-state index in [0.29, 0.717) is 16.2 Å². The van der Waals surface area contributed by atoms with Crippen molar-refractivity contribution in [2.45, 2.75) is 0 Å². The van der Waals surface area contributed by atoms with E-state index in [1.165, 1.54) is 16.0 Å². The van der Waals surface area contributed by atoms with Crippen LogP contribution < -0.4 is 5.56 Å². The fourth-order valence-electron chi connectivity index (χ4n) is 3.81. The lowest BCUT2D eigenvalue weighted by Gasteiger charge is -2.07. The molecule has 6 heteroatoms. The van der Waals surface area contributed by atoms with Gasteiger partial charge < -0.3 is 0 Å². The van der Waals surface area contributed by atoms with E-state index >= 15 is 0 Å². The van der Waals surface area contributed by atoms with Gasteiger partial charge in [-0.1, -0.05) is 65.9 Å². The number of nitrogens with one attached hydrogen (secondary N) is 1.